The van der Waals surface area contributed by atoms with Crippen LogP contribution in [0.25, 0.3) is 0 Å². The molecular formula is C24H32F3NO5. The number of hydrogen-bond acceptors (Lipinski definition) is 5. The quantitative estimate of drug-likeness (QED) is 0.447. The zero-order valence-corrected chi connectivity index (χ0v) is 19.9. The number of ether oxygens (including phenoxy) is 2. The van der Waals surface area contributed by atoms with Crippen molar-refractivity contribution in [1.29, 1.82) is 0 Å². The summed E-state index contributed by atoms with van der Waals surface area (Å²) >= 11 is 0. The van der Waals surface area contributed by atoms with E-state index in [1.54, 1.807) is 41.5 Å². The first kappa shape index (κ1) is 26.7. The molecule has 0 radical (unpaired) electrons. The molecular weight excluding hydrogens is 439 g/mol. The first-order valence-corrected chi connectivity index (χ1v) is 10.9. The van der Waals surface area contributed by atoms with E-state index in [-0.39, 0.29) is 18.4 Å². The van der Waals surface area contributed by atoms with Gasteiger partial charge in [0.05, 0.1) is 11.6 Å². The molecule has 1 amide bonds. The second-order valence-corrected chi connectivity index (χ2v) is 10.3. The third-order valence-corrected chi connectivity index (χ3v) is 5.19. The summed E-state index contributed by atoms with van der Waals surface area (Å²) in [7, 11) is 0. The van der Waals surface area contributed by atoms with Crippen molar-refractivity contribution in [2.45, 2.75) is 90.6 Å². The second-order valence-electron chi connectivity index (χ2n) is 10.3. The minimum Gasteiger partial charge on any atom is -0.459 e. The lowest BCUT2D eigenvalue weighted by Crippen LogP contribution is -2.54. The molecule has 0 aliphatic heterocycles. The van der Waals surface area contributed by atoms with E-state index < -0.39 is 52.2 Å². The van der Waals surface area contributed by atoms with Gasteiger partial charge in [-0.3, -0.25) is 9.59 Å². The van der Waals surface area contributed by atoms with Gasteiger partial charge in [0, 0.05) is 6.42 Å². The highest BCUT2D eigenvalue weighted by molar-refractivity contribution is 6.05. The standard InChI is InChI=1S/C24H32F3NO5/c1-21(2,3)32-19(30)23(13-8-7-12-17(23)29)18(28-20(31)33-22(4,5)6)15-10-9-11-16(14-15)24(25,26)27/h9-11,14,18H,7-8,12-13H2,1-6H3,(H,28,31)/t18-,23+/m0/s1. The predicted molar refractivity (Wildman–Crippen MR) is 115 cm³/mol. The molecule has 2 atom stereocenters. The Morgan fingerprint density at radius 1 is 1.00 bits per heavy atom. The normalized spacial score (nSPS) is 20.7. The van der Waals surface area contributed by atoms with Crippen molar-refractivity contribution >= 4 is 17.8 Å². The monoisotopic (exact) mass is 471 g/mol. The summed E-state index contributed by atoms with van der Waals surface area (Å²) in [5.41, 5.74) is -4.73. The highest BCUT2D eigenvalue weighted by Crippen LogP contribution is 2.46. The number of hydrogen-bond donors (Lipinski definition) is 1. The van der Waals surface area contributed by atoms with Crippen molar-refractivity contribution < 1.29 is 37.0 Å². The Balaban J connectivity index is 2.67. The molecule has 0 spiro atoms. The molecule has 0 saturated heterocycles. The Hall–Kier alpha value is -2.58. The summed E-state index contributed by atoms with van der Waals surface area (Å²) in [6.07, 6.45) is -4.53. The van der Waals surface area contributed by atoms with Crippen LogP contribution in [0.1, 0.15) is 84.4 Å². The molecule has 0 heterocycles. The van der Waals surface area contributed by atoms with Gasteiger partial charge in [-0.1, -0.05) is 18.6 Å². The minimum absolute atomic E-state index is 0.0253. The largest absolute Gasteiger partial charge is 0.459 e. The lowest BCUT2D eigenvalue weighted by molar-refractivity contribution is -0.175. The van der Waals surface area contributed by atoms with Crippen molar-refractivity contribution in [2.75, 3.05) is 0 Å². The van der Waals surface area contributed by atoms with Crippen LogP contribution in [0.2, 0.25) is 0 Å². The molecule has 9 heteroatoms. The van der Waals surface area contributed by atoms with Crippen LogP contribution in [0.4, 0.5) is 18.0 Å². The summed E-state index contributed by atoms with van der Waals surface area (Å²) in [6, 6.07) is 2.85. The third kappa shape index (κ3) is 6.71. The molecule has 2 rings (SSSR count). The summed E-state index contributed by atoms with van der Waals surface area (Å²) in [5, 5.41) is 2.53. The number of amides is 1. The maximum Gasteiger partial charge on any atom is 0.416 e. The van der Waals surface area contributed by atoms with Gasteiger partial charge in [0.15, 0.2) is 11.2 Å². The minimum atomic E-state index is -4.65. The number of nitrogens with one attached hydrogen (secondary N) is 1. The molecule has 1 aromatic rings. The number of carbonyl (C=O) groups excluding carboxylic acids is 3. The molecule has 184 valence electrons. The van der Waals surface area contributed by atoms with Crippen LogP contribution in [-0.2, 0) is 25.2 Å². The zero-order valence-electron chi connectivity index (χ0n) is 19.9. The van der Waals surface area contributed by atoms with E-state index in [0.717, 1.165) is 12.1 Å². The molecule has 33 heavy (non-hydrogen) atoms. The third-order valence-electron chi connectivity index (χ3n) is 5.19. The Kier molecular flexibility index (Phi) is 7.55. The summed E-state index contributed by atoms with van der Waals surface area (Å²) in [4.78, 5) is 39.4. The van der Waals surface area contributed by atoms with Gasteiger partial charge in [0.2, 0.25) is 0 Å². The smallest absolute Gasteiger partial charge is 0.416 e. The van der Waals surface area contributed by atoms with Gasteiger partial charge in [0.25, 0.3) is 0 Å². The fourth-order valence-electron chi connectivity index (χ4n) is 3.87. The van der Waals surface area contributed by atoms with Gasteiger partial charge in [0.1, 0.15) is 11.2 Å². The van der Waals surface area contributed by atoms with Crippen LogP contribution in [0.3, 0.4) is 0 Å². The van der Waals surface area contributed by atoms with Crippen molar-refractivity contribution in [1.82, 2.24) is 5.32 Å². The Morgan fingerprint density at radius 2 is 1.61 bits per heavy atom. The molecule has 1 N–H and O–H groups in total. The predicted octanol–water partition coefficient (Wildman–Crippen LogP) is 5.74. The average molecular weight is 472 g/mol. The summed E-state index contributed by atoms with van der Waals surface area (Å²) in [5.74, 6) is -1.36. The number of Topliss-reactive ketones (excluding diaryl/α,β-unsaturated/α-hetero) is 1. The molecule has 0 unspecified atom stereocenters. The molecule has 6 nitrogen and oxygen atoms in total. The molecule has 1 saturated carbocycles. The molecule has 0 bridgehead atoms. The molecule has 1 fully saturated rings. The molecule has 0 aromatic heterocycles. The second kappa shape index (κ2) is 9.35. The van der Waals surface area contributed by atoms with E-state index >= 15 is 0 Å². The van der Waals surface area contributed by atoms with Crippen LogP contribution in [-0.4, -0.2) is 29.0 Å². The van der Waals surface area contributed by atoms with Crippen LogP contribution in [0.5, 0.6) is 0 Å². The van der Waals surface area contributed by atoms with Gasteiger partial charge in [-0.25, -0.2) is 4.79 Å². The van der Waals surface area contributed by atoms with Gasteiger partial charge in [-0.05, 0) is 72.1 Å². The van der Waals surface area contributed by atoms with E-state index in [1.165, 1.54) is 12.1 Å². The van der Waals surface area contributed by atoms with Crippen molar-refractivity contribution in [2.24, 2.45) is 5.41 Å². The summed E-state index contributed by atoms with van der Waals surface area (Å²) in [6.45, 7) is 9.77. The molecule has 1 aromatic carbocycles. The highest BCUT2D eigenvalue weighted by Gasteiger charge is 2.56. The van der Waals surface area contributed by atoms with E-state index in [2.05, 4.69) is 5.32 Å². The first-order chi connectivity index (χ1) is 15.0. The van der Waals surface area contributed by atoms with Crippen molar-refractivity contribution in [3.8, 4) is 0 Å². The van der Waals surface area contributed by atoms with Crippen molar-refractivity contribution in [3.63, 3.8) is 0 Å². The Labute approximate surface area is 192 Å². The Morgan fingerprint density at radius 3 is 2.12 bits per heavy atom. The molecule has 1 aliphatic rings. The maximum absolute atomic E-state index is 13.5. The van der Waals surface area contributed by atoms with E-state index in [9.17, 15) is 27.6 Å². The average Bonchev–Trinajstić information content (AvgIpc) is 2.63. The highest BCUT2D eigenvalue weighted by atomic mass is 19.4. The number of benzene rings is 1. The molecule has 1 aliphatic carbocycles. The number of alkyl halides is 3. The Bertz CT molecular complexity index is 899. The van der Waals surface area contributed by atoms with E-state index in [4.69, 9.17) is 9.47 Å². The SMILES string of the molecule is CC(C)(C)OC(=O)N[C@@H](c1cccc(C(F)(F)F)c1)[C@@]1(C(=O)OC(C)(C)C)CCCCC1=O. The van der Waals surface area contributed by atoms with Crippen LogP contribution in [0.15, 0.2) is 24.3 Å². The number of esters is 1. The number of carbonyl (C=O) groups is 3. The zero-order chi connectivity index (χ0) is 25.2. The van der Waals surface area contributed by atoms with E-state index in [1.807, 2.05) is 0 Å². The fourth-order valence-corrected chi connectivity index (χ4v) is 3.87. The number of rotatable bonds is 4. The number of alkyl carbamates (subject to hydrolysis) is 1. The lowest BCUT2D eigenvalue weighted by Gasteiger charge is -2.42. The van der Waals surface area contributed by atoms with Crippen molar-refractivity contribution in [3.05, 3.63) is 35.4 Å². The fraction of sp³-hybridized carbons (Fsp3) is 0.625. The van der Waals surface area contributed by atoms with Gasteiger partial charge in [-0.15, -0.1) is 0 Å². The maximum atomic E-state index is 13.5. The van der Waals surface area contributed by atoms with Crippen LogP contribution >= 0.6 is 0 Å². The van der Waals surface area contributed by atoms with Gasteiger partial charge in [-0.2, -0.15) is 13.2 Å². The van der Waals surface area contributed by atoms with Crippen LogP contribution < -0.4 is 5.32 Å². The number of ketones is 1. The van der Waals surface area contributed by atoms with Crippen LogP contribution in [0, 0.1) is 5.41 Å². The van der Waals surface area contributed by atoms with E-state index in [0.29, 0.717) is 12.8 Å². The van der Waals surface area contributed by atoms with Gasteiger partial charge >= 0.3 is 18.2 Å². The number of halogens is 3. The first-order valence-electron chi connectivity index (χ1n) is 10.9. The lowest BCUT2D eigenvalue weighted by atomic mass is 9.66. The summed E-state index contributed by atoms with van der Waals surface area (Å²) < 4.78 is 51.2. The topological polar surface area (TPSA) is 81.7 Å². The van der Waals surface area contributed by atoms with Gasteiger partial charge < -0.3 is 14.8 Å².